The van der Waals surface area contributed by atoms with Gasteiger partial charge in [0.2, 0.25) is 0 Å². The van der Waals surface area contributed by atoms with Gasteiger partial charge in [0, 0.05) is 10.7 Å². The number of nitrogens with zero attached hydrogens (tertiary/aromatic N) is 1. The lowest BCUT2D eigenvalue weighted by Gasteiger charge is -2.02. The molecule has 1 heterocycles. The molecule has 1 atom stereocenters. The molecule has 11 heavy (non-hydrogen) atoms. The van der Waals surface area contributed by atoms with Gasteiger partial charge in [-0.3, -0.25) is 9.19 Å². The fourth-order valence-electron chi connectivity index (χ4n) is 0.613. The molecule has 0 saturated carbocycles. The molecule has 1 aromatic heterocycles. The van der Waals surface area contributed by atoms with Crippen LogP contribution in [0.25, 0.3) is 0 Å². The van der Waals surface area contributed by atoms with Crippen molar-refractivity contribution < 1.29 is 8.76 Å². The van der Waals surface area contributed by atoms with Crippen molar-refractivity contribution in [3.63, 3.8) is 0 Å². The molecular formula is C6H5BrNO2S-. The van der Waals surface area contributed by atoms with Crippen LogP contribution in [0.4, 0.5) is 0 Å². The van der Waals surface area contributed by atoms with Crippen LogP contribution >= 0.6 is 15.9 Å². The Morgan fingerprint density at radius 2 is 2.36 bits per heavy atom. The van der Waals surface area contributed by atoms with Gasteiger partial charge < -0.3 is 4.55 Å². The molecule has 0 N–H and O–H groups in total. The van der Waals surface area contributed by atoms with Gasteiger partial charge in [0.05, 0.1) is 11.4 Å². The second-order valence-corrected chi connectivity index (χ2v) is 3.73. The Morgan fingerprint density at radius 1 is 1.64 bits per heavy atom. The highest BCUT2D eigenvalue weighted by Crippen LogP contribution is 2.07. The molecule has 0 fully saturated rings. The van der Waals surface area contributed by atoms with Crippen LogP contribution in [0.15, 0.2) is 22.8 Å². The molecule has 0 radical (unpaired) electrons. The molecule has 0 aliphatic carbocycles. The first-order chi connectivity index (χ1) is 5.18. The summed E-state index contributed by atoms with van der Waals surface area (Å²) in [4.78, 5) is 3.88. The third kappa shape index (κ3) is 3.09. The number of halogens is 1. The van der Waals surface area contributed by atoms with Gasteiger partial charge in [-0.05, 0) is 39.1 Å². The van der Waals surface area contributed by atoms with Crippen molar-refractivity contribution in [1.82, 2.24) is 4.98 Å². The molecule has 1 rings (SSSR count). The summed E-state index contributed by atoms with van der Waals surface area (Å²) in [6.45, 7) is 0. The van der Waals surface area contributed by atoms with Gasteiger partial charge in [-0.2, -0.15) is 0 Å². The van der Waals surface area contributed by atoms with Gasteiger partial charge in [0.15, 0.2) is 0 Å². The molecule has 1 aromatic rings. The lowest BCUT2D eigenvalue weighted by atomic mass is 10.4. The predicted molar refractivity (Wildman–Crippen MR) is 44.6 cm³/mol. The monoisotopic (exact) mass is 234 g/mol. The van der Waals surface area contributed by atoms with E-state index in [9.17, 15) is 8.76 Å². The Hall–Kier alpha value is -0.260. The van der Waals surface area contributed by atoms with Crippen molar-refractivity contribution in [2.75, 3.05) is 0 Å². The van der Waals surface area contributed by atoms with Crippen LogP contribution in [0, 0.1) is 0 Å². The van der Waals surface area contributed by atoms with E-state index in [0.717, 1.165) is 4.47 Å². The maximum absolute atomic E-state index is 10.2. The second-order valence-electron chi connectivity index (χ2n) is 1.92. The van der Waals surface area contributed by atoms with Gasteiger partial charge in [-0.1, -0.05) is 0 Å². The van der Waals surface area contributed by atoms with Crippen LogP contribution in [0.2, 0.25) is 0 Å². The molecule has 0 aliphatic heterocycles. The van der Waals surface area contributed by atoms with Crippen molar-refractivity contribution in [3.8, 4) is 0 Å². The molecule has 0 spiro atoms. The van der Waals surface area contributed by atoms with Crippen LogP contribution in [0.1, 0.15) is 5.69 Å². The van der Waals surface area contributed by atoms with Crippen molar-refractivity contribution in [2.24, 2.45) is 0 Å². The molecule has 0 amide bonds. The first-order valence-corrected chi connectivity index (χ1v) is 4.88. The summed E-state index contributed by atoms with van der Waals surface area (Å²) in [5.41, 5.74) is 0.557. The Kier molecular flexibility index (Phi) is 3.16. The SMILES string of the molecule is O=S([O-])Cc1ccc(Br)cn1. The fraction of sp³-hybridized carbons (Fsp3) is 0.167. The average molecular weight is 235 g/mol. The summed E-state index contributed by atoms with van der Waals surface area (Å²) < 4.78 is 21.2. The summed E-state index contributed by atoms with van der Waals surface area (Å²) in [7, 11) is 0. The van der Waals surface area contributed by atoms with Gasteiger partial charge in [0.1, 0.15) is 0 Å². The molecule has 0 bridgehead atoms. The van der Waals surface area contributed by atoms with E-state index in [1.165, 1.54) is 0 Å². The summed E-state index contributed by atoms with van der Waals surface area (Å²) in [5.74, 6) is -0.0206. The first kappa shape index (κ1) is 8.83. The van der Waals surface area contributed by atoms with Crippen molar-refractivity contribution in [1.29, 1.82) is 0 Å². The normalized spacial score (nSPS) is 12.9. The fourth-order valence-corrected chi connectivity index (χ4v) is 1.26. The summed E-state index contributed by atoms with van der Waals surface area (Å²) >= 11 is 1.14. The summed E-state index contributed by atoms with van der Waals surface area (Å²) in [6, 6.07) is 3.43. The highest BCUT2D eigenvalue weighted by atomic mass is 79.9. The topological polar surface area (TPSA) is 53.0 Å². The zero-order chi connectivity index (χ0) is 8.27. The third-order valence-electron chi connectivity index (χ3n) is 1.05. The van der Waals surface area contributed by atoms with Crippen molar-refractivity contribution in [3.05, 3.63) is 28.5 Å². The van der Waals surface area contributed by atoms with E-state index >= 15 is 0 Å². The standard InChI is InChI=1S/C6H6BrNO2S/c7-5-1-2-6(8-3-5)4-11(9)10/h1-3H,4H2,(H,9,10)/p-1. The zero-order valence-corrected chi connectivity index (χ0v) is 7.89. The quantitative estimate of drug-likeness (QED) is 0.724. The van der Waals surface area contributed by atoms with E-state index in [2.05, 4.69) is 20.9 Å². The molecule has 0 saturated heterocycles. The second kappa shape index (κ2) is 3.94. The molecule has 60 valence electrons. The lowest BCUT2D eigenvalue weighted by molar-refractivity contribution is 0.535. The molecule has 0 aliphatic rings. The Morgan fingerprint density at radius 3 is 2.82 bits per heavy atom. The van der Waals surface area contributed by atoms with E-state index in [4.69, 9.17) is 0 Å². The van der Waals surface area contributed by atoms with E-state index in [-0.39, 0.29) is 5.75 Å². The molecular weight excluding hydrogens is 230 g/mol. The Balaban J connectivity index is 2.74. The van der Waals surface area contributed by atoms with Crippen LogP contribution < -0.4 is 0 Å². The predicted octanol–water partition coefficient (Wildman–Crippen LogP) is 1.22. The minimum atomic E-state index is -2.05. The highest BCUT2D eigenvalue weighted by Gasteiger charge is 1.92. The molecule has 1 unspecified atom stereocenters. The van der Waals surface area contributed by atoms with E-state index in [0.29, 0.717) is 5.69 Å². The van der Waals surface area contributed by atoms with Crippen LogP contribution in [0.3, 0.4) is 0 Å². The van der Waals surface area contributed by atoms with E-state index in [1.54, 1.807) is 18.3 Å². The smallest absolute Gasteiger partial charge is 0.0526 e. The van der Waals surface area contributed by atoms with Gasteiger partial charge in [0.25, 0.3) is 0 Å². The largest absolute Gasteiger partial charge is 0.772 e. The maximum atomic E-state index is 10.2. The van der Waals surface area contributed by atoms with Gasteiger partial charge in [-0.25, -0.2) is 0 Å². The number of aromatic nitrogens is 1. The number of hydrogen-bond acceptors (Lipinski definition) is 3. The third-order valence-corrected chi connectivity index (χ3v) is 2.05. The summed E-state index contributed by atoms with van der Waals surface area (Å²) in [5, 5.41) is 0. The van der Waals surface area contributed by atoms with Crippen LogP contribution in [0.5, 0.6) is 0 Å². The Bertz CT molecular complexity index is 262. The zero-order valence-electron chi connectivity index (χ0n) is 5.49. The lowest BCUT2D eigenvalue weighted by Crippen LogP contribution is -1.95. The minimum absolute atomic E-state index is 0.0206. The Labute approximate surface area is 75.3 Å². The first-order valence-electron chi connectivity index (χ1n) is 2.85. The molecule has 0 aromatic carbocycles. The van der Waals surface area contributed by atoms with Crippen LogP contribution in [-0.4, -0.2) is 13.7 Å². The number of rotatable bonds is 2. The molecule has 5 heteroatoms. The molecule has 3 nitrogen and oxygen atoms in total. The highest BCUT2D eigenvalue weighted by molar-refractivity contribution is 9.10. The average Bonchev–Trinajstić information content (AvgIpc) is 1.93. The number of hydrogen-bond donors (Lipinski definition) is 0. The van der Waals surface area contributed by atoms with Gasteiger partial charge in [-0.15, -0.1) is 0 Å². The van der Waals surface area contributed by atoms with Crippen molar-refractivity contribution >= 4 is 27.0 Å². The van der Waals surface area contributed by atoms with Gasteiger partial charge >= 0.3 is 0 Å². The van der Waals surface area contributed by atoms with Crippen molar-refractivity contribution in [2.45, 2.75) is 5.75 Å². The van der Waals surface area contributed by atoms with E-state index < -0.39 is 11.1 Å². The van der Waals surface area contributed by atoms with E-state index in [1.807, 2.05) is 0 Å². The number of pyridine rings is 1. The van der Waals surface area contributed by atoms with Crippen LogP contribution in [-0.2, 0) is 16.8 Å². The summed E-state index contributed by atoms with van der Waals surface area (Å²) in [6.07, 6.45) is 1.57. The maximum Gasteiger partial charge on any atom is 0.0526 e. The minimum Gasteiger partial charge on any atom is -0.772 e.